The molecule has 0 aromatic heterocycles. The Morgan fingerprint density at radius 3 is 2.70 bits per heavy atom. The first-order valence-electron chi connectivity index (χ1n) is 8.01. The molecule has 1 N–H and O–H groups in total. The van der Waals surface area contributed by atoms with E-state index in [2.05, 4.69) is 0 Å². The molecule has 1 heterocycles. The van der Waals surface area contributed by atoms with E-state index in [1.54, 1.807) is 18.0 Å². The molecule has 1 saturated heterocycles. The monoisotopic (exact) mass is 336 g/mol. The summed E-state index contributed by atoms with van der Waals surface area (Å²) < 4.78 is 0. The Kier molecular flexibility index (Phi) is 4.60. The summed E-state index contributed by atoms with van der Waals surface area (Å²) in [5.74, 6) is -0.613. The zero-order valence-electron chi connectivity index (χ0n) is 13.1. The van der Waals surface area contributed by atoms with Gasteiger partial charge in [0.05, 0.1) is 22.7 Å². The number of halogens is 1. The lowest BCUT2D eigenvalue weighted by Gasteiger charge is -2.27. The molecule has 1 saturated carbocycles. The summed E-state index contributed by atoms with van der Waals surface area (Å²) in [5, 5.41) is 10.5. The fourth-order valence-corrected chi connectivity index (χ4v) is 3.82. The number of anilines is 1. The Labute approximate surface area is 140 Å². The van der Waals surface area contributed by atoms with Crippen LogP contribution in [-0.2, 0) is 9.59 Å². The van der Waals surface area contributed by atoms with Crippen LogP contribution < -0.4 is 4.90 Å². The van der Waals surface area contributed by atoms with Crippen molar-refractivity contribution in [2.75, 3.05) is 18.5 Å². The number of nitrogens with zero attached hydrogens (tertiary/aromatic N) is 2. The van der Waals surface area contributed by atoms with Crippen molar-refractivity contribution in [3.63, 3.8) is 0 Å². The maximum atomic E-state index is 12.7. The molecule has 1 aromatic carbocycles. The normalized spacial score (nSPS) is 27.5. The van der Waals surface area contributed by atoms with Gasteiger partial charge in [-0.1, -0.05) is 23.7 Å². The second kappa shape index (κ2) is 6.49. The molecule has 6 heteroatoms. The predicted molar refractivity (Wildman–Crippen MR) is 88.3 cm³/mol. The number of carbonyl (C=O) groups excluding carboxylic acids is 2. The summed E-state index contributed by atoms with van der Waals surface area (Å²) in [6.07, 6.45) is 2.21. The Bertz CT molecular complexity index is 622. The van der Waals surface area contributed by atoms with E-state index in [9.17, 15) is 14.7 Å². The van der Waals surface area contributed by atoms with Crippen molar-refractivity contribution in [1.29, 1.82) is 0 Å². The Morgan fingerprint density at radius 1 is 1.30 bits per heavy atom. The molecule has 23 heavy (non-hydrogen) atoms. The van der Waals surface area contributed by atoms with E-state index in [1.807, 2.05) is 18.2 Å². The van der Waals surface area contributed by atoms with E-state index in [-0.39, 0.29) is 17.7 Å². The van der Waals surface area contributed by atoms with Gasteiger partial charge in [-0.25, -0.2) is 0 Å². The van der Waals surface area contributed by atoms with Crippen LogP contribution in [0.4, 0.5) is 5.69 Å². The van der Waals surface area contributed by atoms with Crippen molar-refractivity contribution in [2.24, 2.45) is 5.92 Å². The van der Waals surface area contributed by atoms with Crippen LogP contribution >= 0.6 is 11.6 Å². The molecular weight excluding hydrogens is 316 g/mol. The van der Waals surface area contributed by atoms with Gasteiger partial charge in [0, 0.05) is 13.6 Å². The summed E-state index contributed by atoms with van der Waals surface area (Å²) in [7, 11) is 1.66. The van der Waals surface area contributed by atoms with E-state index < -0.39 is 12.1 Å². The Balaban J connectivity index is 1.74. The zero-order chi connectivity index (χ0) is 16.6. The molecular formula is C17H21ClN2O3. The highest BCUT2D eigenvalue weighted by atomic mass is 35.5. The van der Waals surface area contributed by atoms with Crippen LogP contribution in [0.15, 0.2) is 24.3 Å². The number of carbonyl (C=O) groups is 2. The fraction of sp³-hybridized carbons (Fsp3) is 0.529. The average Bonchev–Trinajstić information content (AvgIpc) is 3.12. The standard InChI is InChI=1S/C17H21ClN2O3/c1-19(16(22)11-5-4-8-15(11)21)14-9-10-20(17(14)23)13-7-3-2-6-12(13)18/h2-3,6-7,11,14-15,21H,4-5,8-10H2,1H3. The highest BCUT2D eigenvalue weighted by Crippen LogP contribution is 2.32. The van der Waals surface area contributed by atoms with Crippen molar-refractivity contribution in [3.8, 4) is 0 Å². The van der Waals surface area contributed by atoms with Gasteiger partial charge >= 0.3 is 0 Å². The molecule has 2 amide bonds. The van der Waals surface area contributed by atoms with Crippen LogP contribution in [0.3, 0.4) is 0 Å². The molecule has 3 rings (SSSR count). The number of likely N-dealkylation sites (N-methyl/N-ethyl adjacent to an activating group) is 1. The number of para-hydroxylation sites is 1. The summed E-state index contributed by atoms with van der Waals surface area (Å²) in [5.41, 5.74) is 0.684. The molecule has 0 radical (unpaired) electrons. The molecule has 3 atom stereocenters. The van der Waals surface area contributed by atoms with Gasteiger partial charge in [0.1, 0.15) is 6.04 Å². The van der Waals surface area contributed by atoms with E-state index in [0.717, 1.165) is 6.42 Å². The molecule has 124 valence electrons. The maximum absolute atomic E-state index is 12.7. The molecule has 2 aliphatic rings. The zero-order valence-corrected chi connectivity index (χ0v) is 13.9. The highest BCUT2D eigenvalue weighted by Gasteiger charge is 2.41. The minimum atomic E-state index is -0.582. The number of hydrogen-bond donors (Lipinski definition) is 1. The smallest absolute Gasteiger partial charge is 0.249 e. The second-order valence-electron chi connectivity index (χ2n) is 6.30. The van der Waals surface area contributed by atoms with Gasteiger partial charge < -0.3 is 14.9 Å². The minimum absolute atomic E-state index is 0.110. The Morgan fingerprint density at radius 2 is 2.04 bits per heavy atom. The predicted octanol–water partition coefficient (Wildman–Crippen LogP) is 2.06. The van der Waals surface area contributed by atoms with Crippen LogP contribution in [0.1, 0.15) is 25.7 Å². The molecule has 1 aromatic rings. The van der Waals surface area contributed by atoms with Crippen molar-refractivity contribution in [2.45, 2.75) is 37.8 Å². The number of rotatable bonds is 3. The molecule has 0 bridgehead atoms. The molecule has 1 aliphatic carbocycles. The minimum Gasteiger partial charge on any atom is -0.392 e. The lowest BCUT2D eigenvalue weighted by Crippen LogP contribution is -2.46. The van der Waals surface area contributed by atoms with Gasteiger partial charge in [0.2, 0.25) is 11.8 Å². The molecule has 2 fully saturated rings. The van der Waals surface area contributed by atoms with Gasteiger partial charge in [-0.2, -0.15) is 0 Å². The Hall–Kier alpha value is -1.59. The first kappa shape index (κ1) is 16.3. The topological polar surface area (TPSA) is 60.9 Å². The quantitative estimate of drug-likeness (QED) is 0.919. The number of benzene rings is 1. The van der Waals surface area contributed by atoms with Crippen LogP contribution in [0.5, 0.6) is 0 Å². The van der Waals surface area contributed by atoms with Gasteiger partial charge in [-0.15, -0.1) is 0 Å². The summed E-state index contributed by atoms with van der Waals surface area (Å²) in [4.78, 5) is 28.4. The van der Waals surface area contributed by atoms with Crippen LogP contribution in [-0.4, -0.2) is 47.6 Å². The van der Waals surface area contributed by atoms with Gasteiger partial charge in [0.25, 0.3) is 0 Å². The van der Waals surface area contributed by atoms with Crippen LogP contribution in [0.25, 0.3) is 0 Å². The largest absolute Gasteiger partial charge is 0.392 e. The van der Waals surface area contributed by atoms with E-state index in [1.165, 1.54) is 4.90 Å². The summed E-state index contributed by atoms with van der Waals surface area (Å²) in [6.45, 7) is 0.540. The second-order valence-corrected chi connectivity index (χ2v) is 6.71. The van der Waals surface area contributed by atoms with Crippen molar-refractivity contribution < 1.29 is 14.7 Å². The number of hydrogen-bond acceptors (Lipinski definition) is 3. The van der Waals surface area contributed by atoms with Crippen molar-refractivity contribution in [1.82, 2.24) is 4.90 Å². The molecule has 1 aliphatic heterocycles. The number of aliphatic hydroxyl groups excluding tert-OH is 1. The van der Waals surface area contributed by atoms with Gasteiger partial charge in [-0.05, 0) is 37.8 Å². The summed E-state index contributed by atoms with van der Waals surface area (Å²) >= 11 is 6.17. The van der Waals surface area contributed by atoms with Gasteiger partial charge in [0.15, 0.2) is 0 Å². The molecule has 5 nitrogen and oxygen atoms in total. The first-order valence-corrected chi connectivity index (χ1v) is 8.39. The molecule has 0 spiro atoms. The van der Waals surface area contributed by atoms with Crippen LogP contribution in [0.2, 0.25) is 5.02 Å². The van der Waals surface area contributed by atoms with Crippen LogP contribution in [0, 0.1) is 5.92 Å². The van der Waals surface area contributed by atoms with Gasteiger partial charge in [-0.3, -0.25) is 9.59 Å². The van der Waals surface area contributed by atoms with E-state index in [0.29, 0.717) is 36.5 Å². The average molecular weight is 337 g/mol. The third kappa shape index (κ3) is 2.95. The maximum Gasteiger partial charge on any atom is 0.249 e. The lowest BCUT2D eigenvalue weighted by molar-refractivity contribution is -0.142. The highest BCUT2D eigenvalue weighted by molar-refractivity contribution is 6.34. The van der Waals surface area contributed by atoms with E-state index >= 15 is 0 Å². The van der Waals surface area contributed by atoms with Crippen molar-refractivity contribution >= 4 is 29.1 Å². The number of amides is 2. The van der Waals surface area contributed by atoms with E-state index in [4.69, 9.17) is 11.6 Å². The SMILES string of the molecule is CN(C(=O)C1CCCC1O)C1CCN(c2ccccc2Cl)C1=O. The summed E-state index contributed by atoms with van der Waals surface area (Å²) in [6, 6.07) is 6.74. The van der Waals surface area contributed by atoms with Crippen molar-refractivity contribution in [3.05, 3.63) is 29.3 Å². The molecule has 3 unspecified atom stereocenters. The first-order chi connectivity index (χ1) is 11.0. The third-order valence-corrected chi connectivity index (χ3v) is 5.25. The fourth-order valence-electron chi connectivity index (χ4n) is 3.58. The third-order valence-electron chi connectivity index (χ3n) is 4.93. The lowest BCUT2D eigenvalue weighted by atomic mass is 10.0. The number of aliphatic hydroxyl groups is 1.